The fourth-order valence-electron chi connectivity index (χ4n) is 1.45. The van der Waals surface area contributed by atoms with Gasteiger partial charge in [-0.3, -0.25) is 4.21 Å². The van der Waals surface area contributed by atoms with Crippen LogP contribution in [0.5, 0.6) is 0 Å². The average Bonchev–Trinajstić information content (AvgIpc) is 2.40. The van der Waals surface area contributed by atoms with Crippen molar-refractivity contribution in [3.63, 3.8) is 0 Å². The van der Waals surface area contributed by atoms with Crippen molar-refractivity contribution in [3.8, 4) is 0 Å². The molecule has 2 rings (SSSR count). The van der Waals surface area contributed by atoms with Crippen molar-refractivity contribution in [2.24, 2.45) is 0 Å². The molecular weight excluding hydrogens is 248 g/mol. The largest absolute Gasteiger partial charge is 0.253 e. The highest BCUT2D eigenvalue weighted by atomic mass is 32.2. The van der Waals surface area contributed by atoms with E-state index in [1.165, 1.54) is 0 Å². The zero-order valence-corrected chi connectivity index (χ0v) is 11.0. The van der Waals surface area contributed by atoms with Gasteiger partial charge < -0.3 is 0 Å². The predicted molar refractivity (Wildman–Crippen MR) is 77.1 cm³/mol. The van der Waals surface area contributed by atoms with Crippen molar-refractivity contribution in [1.82, 2.24) is 0 Å². The highest BCUT2D eigenvalue weighted by Crippen LogP contribution is 2.26. The number of hydrogen-bond donors (Lipinski definition) is 0. The second-order valence-electron chi connectivity index (χ2n) is 3.58. The maximum atomic E-state index is 12.1. The van der Waals surface area contributed by atoms with Crippen LogP contribution in [-0.4, -0.2) is 15.2 Å². The Bertz CT molecular complexity index is 471. The lowest BCUT2D eigenvalue weighted by Gasteiger charge is -2.07. The van der Waals surface area contributed by atoms with Crippen LogP contribution in [0.15, 0.2) is 70.5 Å². The molecule has 2 aromatic rings. The Balaban J connectivity index is 2.08. The first kappa shape index (κ1) is 12.3. The fraction of sp³-hybridized carbons (Fsp3) is 0.0714. The van der Waals surface area contributed by atoms with Crippen molar-refractivity contribution < 1.29 is 4.21 Å². The SMILES string of the molecule is C=S(CS(=O)c1ccccc1)c1ccccc1. The van der Waals surface area contributed by atoms with Gasteiger partial charge in [0, 0.05) is 9.79 Å². The molecule has 2 atom stereocenters. The minimum Gasteiger partial charge on any atom is -0.253 e. The van der Waals surface area contributed by atoms with Crippen molar-refractivity contribution >= 4 is 27.2 Å². The Morgan fingerprint density at radius 2 is 1.29 bits per heavy atom. The summed E-state index contributed by atoms with van der Waals surface area (Å²) in [6.45, 7) is 0. The maximum absolute atomic E-state index is 12.1. The van der Waals surface area contributed by atoms with Gasteiger partial charge in [-0.05, 0) is 24.3 Å². The van der Waals surface area contributed by atoms with Gasteiger partial charge in [0.15, 0.2) is 0 Å². The molecule has 0 N–H and O–H groups in total. The molecular formula is C14H14OS2. The summed E-state index contributed by atoms with van der Waals surface area (Å²) in [4.78, 5) is 2.04. The molecule has 0 aromatic heterocycles. The van der Waals surface area contributed by atoms with Crippen LogP contribution >= 0.6 is 10.5 Å². The van der Waals surface area contributed by atoms with Crippen LogP contribution in [0.2, 0.25) is 0 Å². The van der Waals surface area contributed by atoms with Crippen LogP contribution in [0.4, 0.5) is 0 Å². The third-order valence-electron chi connectivity index (χ3n) is 2.33. The van der Waals surface area contributed by atoms with Crippen molar-refractivity contribution in [2.45, 2.75) is 9.79 Å². The van der Waals surface area contributed by atoms with E-state index in [1.807, 2.05) is 60.7 Å². The van der Waals surface area contributed by atoms with E-state index in [2.05, 4.69) is 5.87 Å². The summed E-state index contributed by atoms with van der Waals surface area (Å²) in [7, 11) is -1.18. The number of benzene rings is 2. The molecule has 0 bridgehead atoms. The van der Waals surface area contributed by atoms with Gasteiger partial charge in [0.25, 0.3) is 0 Å². The maximum Gasteiger partial charge on any atom is 0.0727 e. The van der Waals surface area contributed by atoms with Gasteiger partial charge in [-0.1, -0.05) is 42.3 Å². The van der Waals surface area contributed by atoms with Crippen LogP contribution < -0.4 is 0 Å². The van der Waals surface area contributed by atoms with Crippen molar-refractivity contribution in [2.75, 3.05) is 5.08 Å². The molecule has 0 fully saturated rings. The van der Waals surface area contributed by atoms with E-state index in [-0.39, 0.29) is 10.5 Å². The van der Waals surface area contributed by atoms with Crippen LogP contribution in [0.3, 0.4) is 0 Å². The van der Waals surface area contributed by atoms with Crippen LogP contribution in [0, 0.1) is 0 Å². The molecule has 1 nitrogen and oxygen atoms in total. The standard InChI is InChI=1S/C14H14OS2/c1-16(13-8-4-2-5-9-13)12-17(15)14-10-6-3-7-11-14/h2-11H,1,12H2. The highest BCUT2D eigenvalue weighted by Gasteiger charge is 2.05. The van der Waals surface area contributed by atoms with Gasteiger partial charge in [0.1, 0.15) is 0 Å². The lowest BCUT2D eigenvalue weighted by Crippen LogP contribution is -1.95. The number of hydrogen-bond acceptors (Lipinski definition) is 1. The molecule has 0 aliphatic heterocycles. The summed E-state index contributed by atoms with van der Waals surface area (Å²) < 4.78 is 12.1. The van der Waals surface area contributed by atoms with E-state index in [9.17, 15) is 4.21 Å². The Labute approximate surface area is 107 Å². The molecule has 3 heteroatoms. The topological polar surface area (TPSA) is 17.1 Å². The predicted octanol–water partition coefficient (Wildman–Crippen LogP) is 3.51. The Morgan fingerprint density at radius 3 is 1.82 bits per heavy atom. The van der Waals surface area contributed by atoms with Gasteiger partial charge in [-0.15, -0.1) is 10.5 Å². The molecule has 0 saturated carbocycles. The smallest absolute Gasteiger partial charge is 0.0727 e. The molecule has 0 amide bonds. The van der Waals surface area contributed by atoms with Gasteiger partial charge in [0.2, 0.25) is 0 Å². The Kier molecular flexibility index (Phi) is 4.29. The molecule has 0 spiro atoms. The van der Waals surface area contributed by atoms with E-state index >= 15 is 0 Å². The van der Waals surface area contributed by atoms with Gasteiger partial charge >= 0.3 is 0 Å². The van der Waals surface area contributed by atoms with Gasteiger partial charge in [-0.25, -0.2) is 0 Å². The van der Waals surface area contributed by atoms with Crippen LogP contribution in [-0.2, 0) is 10.8 Å². The molecule has 0 radical (unpaired) electrons. The lowest BCUT2D eigenvalue weighted by molar-refractivity contribution is 0.686. The first-order chi connectivity index (χ1) is 8.27. The molecule has 17 heavy (non-hydrogen) atoms. The second kappa shape index (κ2) is 5.94. The third-order valence-corrected chi connectivity index (χ3v) is 6.06. The molecule has 0 saturated heterocycles. The number of rotatable bonds is 4. The normalized spacial score (nSPS) is 14.1. The molecule has 0 aliphatic rings. The lowest BCUT2D eigenvalue weighted by atomic mass is 10.4. The first-order valence-electron chi connectivity index (χ1n) is 5.26. The molecule has 0 aliphatic carbocycles. The van der Waals surface area contributed by atoms with E-state index in [1.54, 1.807) is 0 Å². The van der Waals surface area contributed by atoms with Crippen LogP contribution in [0.1, 0.15) is 0 Å². The quantitative estimate of drug-likeness (QED) is 0.771. The van der Waals surface area contributed by atoms with Crippen molar-refractivity contribution in [1.29, 1.82) is 0 Å². The average molecular weight is 262 g/mol. The summed E-state index contributed by atoms with van der Waals surface area (Å²) in [6, 6.07) is 19.6. The molecule has 2 aromatic carbocycles. The molecule has 0 heterocycles. The zero-order valence-electron chi connectivity index (χ0n) is 9.41. The van der Waals surface area contributed by atoms with Gasteiger partial charge in [-0.2, -0.15) is 0 Å². The summed E-state index contributed by atoms with van der Waals surface area (Å²) >= 11 is 0. The van der Waals surface area contributed by atoms with E-state index in [0.717, 1.165) is 9.79 Å². The first-order valence-corrected chi connectivity index (χ1v) is 8.14. The van der Waals surface area contributed by atoms with Crippen LogP contribution in [0.25, 0.3) is 0 Å². The van der Waals surface area contributed by atoms with E-state index in [0.29, 0.717) is 5.08 Å². The van der Waals surface area contributed by atoms with E-state index < -0.39 is 10.8 Å². The van der Waals surface area contributed by atoms with E-state index in [4.69, 9.17) is 0 Å². The molecule has 2 unspecified atom stereocenters. The van der Waals surface area contributed by atoms with Crippen molar-refractivity contribution in [3.05, 3.63) is 60.7 Å². The minimum atomic E-state index is -0.964. The summed E-state index contributed by atoms with van der Waals surface area (Å²) in [5, 5.41) is 0.591. The summed E-state index contributed by atoms with van der Waals surface area (Å²) in [5.41, 5.74) is 0. The van der Waals surface area contributed by atoms with Gasteiger partial charge in [0.05, 0.1) is 15.9 Å². The monoisotopic (exact) mass is 262 g/mol. The fourth-order valence-corrected chi connectivity index (χ4v) is 4.58. The summed E-state index contributed by atoms with van der Waals surface area (Å²) in [5.74, 6) is 4.11. The Morgan fingerprint density at radius 1 is 0.824 bits per heavy atom. The second-order valence-corrected chi connectivity index (χ2v) is 7.14. The summed E-state index contributed by atoms with van der Waals surface area (Å²) in [6.07, 6.45) is 0. The Hall–Kier alpha value is -1.19. The zero-order chi connectivity index (χ0) is 12.1. The molecule has 88 valence electrons. The minimum absolute atomic E-state index is 0.214. The highest BCUT2D eigenvalue weighted by molar-refractivity contribution is 8.21. The third kappa shape index (κ3) is 3.38.